The van der Waals surface area contributed by atoms with E-state index in [1.807, 2.05) is 19.1 Å². The predicted octanol–water partition coefficient (Wildman–Crippen LogP) is 3.10. The maximum atomic E-state index is 11.3. The maximum absolute atomic E-state index is 11.3. The summed E-state index contributed by atoms with van der Waals surface area (Å²) in [5, 5.41) is 0. The zero-order valence-electron chi connectivity index (χ0n) is 9.76. The van der Waals surface area contributed by atoms with E-state index in [0.717, 1.165) is 0 Å². The lowest BCUT2D eigenvalue weighted by molar-refractivity contribution is -0.138. The highest BCUT2D eigenvalue weighted by atomic mass is 16.5. The number of hydrogen-bond donors (Lipinski definition) is 0. The molecule has 2 nitrogen and oxygen atoms in total. The molecule has 14 heavy (non-hydrogen) atoms. The Hall–Kier alpha value is -1.05. The van der Waals surface area contributed by atoms with Crippen molar-refractivity contribution < 1.29 is 9.53 Å². The Kier molecular flexibility index (Phi) is 5.21. The van der Waals surface area contributed by atoms with Crippen LogP contribution in [0.5, 0.6) is 0 Å². The number of carbonyl (C=O) groups excluding carboxylic acids is 1. The van der Waals surface area contributed by atoms with E-state index in [-0.39, 0.29) is 11.4 Å². The average molecular weight is 196 g/mol. The van der Waals surface area contributed by atoms with Crippen LogP contribution in [0.25, 0.3) is 0 Å². The second-order valence-corrected chi connectivity index (χ2v) is 4.16. The molecule has 0 radical (unpaired) electrons. The lowest BCUT2D eigenvalue weighted by Crippen LogP contribution is -2.07. The van der Waals surface area contributed by atoms with E-state index in [2.05, 4.69) is 20.8 Å². The van der Waals surface area contributed by atoms with Crippen molar-refractivity contribution in [2.45, 2.75) is 34.6 Å². The van der Waals surface area contributed by atoms with Crippen molar-refractivity contribution in [2.24, 2.45) is 5.41 Å². The monoisotopic (exact) mass is 196 g/mol. The van der Waals surface area contributed by atoms with Crippen LogP contribution < -0.4 is 0 Å². The average Bonchev–Trinajstić information content (AvgIpc) is 2.03. The van der Waals surface area contributed by atoms with Gasteiger partial charge in [-0.15, -0.1) is 0 Å². The third-order valence-electron chi connectivity index (χ3n) is 1.59. The predicted molar refractivity (Wildman–Crippen MR) is 59.0 cm³/mol. The van der Waals surface area contributed by atoms with Crippen LogP contribution in [-0.2, 0) is 9.53 Å². The van der Waals surface area contributed by atoms with Gasteiger partial charge in [0.05, 0.1) is 12.2 Å². The van der Waals surface area contributed by atoms with Crippen molar-refractivity contribution >= 4 is 5.97 Å². The van der Waals surface area contributed by atoms with Crippen molar-refractivity contribution in [1.29, 1.82) is 0 Å². The number of ether oxygens (including phenoxy) is 1. The molecule has 0 bridgehead atoms. The van der Waals surface area contributed by atoms with Crippen molar-refractivity contribution in [3.8, 4) is 0 Å². The molecule has 0 aromatic rings. The molecule has 0 aliphatic heterocycles. The molecular weight excluding hydrogens is 176 g/mol. The Balaban J connectivity index is 4.47. The molecule has 0 aromatic carbocycles. The second-order valence-electron chi connectivity index (χ2n) is 4.16. The number of hydrogen-bond acceptors (Lipinski definition) is 2. The Labute approximate surface area is 86.6 Å². The van der Waals surface area contributed by atoms with Gasteiger partial charge >= 0.3 is 5.97 Å². The fourth-order valence-corrected chi connectivity index (χ4v) is 0.836. The summed E-state index contributed by atoms with van der Waals surface area (Å²) in [6.45, 7) is 10.3. The SMILES string of the molecule is C/C=C(\C=C\C(C)(C)C)C(=O)OCC. The highest BCUT2D eigenvalue weighted by Crippen LogP contribution is 2.16. The quantitative estimate of drug-likeness (QED) is 0.394. The van der Waals surface area contributed by atoms with Gasteiger partial charge in [-0.25, -0.2) is 4.79 Å². The van der Waals surface area contributed by atoms with E-state index in [1.165, 1.54) is 0 Å². The Bertz CT molecular complexity index is 242. The summed E-state index contributed by atoms with van der Waals surface area (Å²) < 4.78 is 4.90. The van der Waals surface area contributed by atoms with Gasteiger partial charge in [-0.3, -0.25) is 0 Å². The van der Waals surface area contributed by atoms with E-state index in [0.29, 0.717) is 12.2 Å². The number of carbonyl (C=O) groups is 1. The smallest absolute Gasteiger partial charge is 0.337 e. The first-order valence-corrected chi connectivity index (χ1v) is 4.93. The van der Waals surface area contributed by atoms with Crippen LogP contribution in [0, 0.1) is 5.41 Å². The van der Waals surface area contributed by atoms with E-state index in [4.69, 9.17) is 4.74 Å². The van der Waals surface area contributed by atoms with Gasteiger partial charge in [-0.2, -0.15) is 0 Å². The standard InChI is InChI=1S/C12H20O2/c1-6-10(11(13)14-7-2)8-9-12(3,4)5/h6,8-9H,7H2,1-5H3/b9-8+,10-6+. The molecule has 0 fully saturated rings. The van der Waals surface area contributed by atoms with Gasteiger partial charge in [0.1, 0.15) is 0 Å². The molecule has 2 heteroatoms. The Morgan fingerprint density at radius 2 is 1.93 bits per heavy atom. The van der Waals surface area contributed by atoms with E-state index < -0.39 is 0 Å². The molecule has 0 saturated carbocycles. The normalized spacial score (nSPS) is 13.4. The number of allylic oxidation sites excluding steroid dienone is 2. The topological polar surface area (TPSA) is 26.3 Å². The van der Waals surface area contributed by atoms with Crippen LogP contribution in [-0.4, -0.2) is 12.6 Å². The largest absolute Gasteiger partial charge is 0.462 e. The molecule has 0 saturated heterocycles. The van der Waals surface area contributed by atoms with Crippen molar-refractivity contribution in [2.75, 3.05) is 6.61 Å². The van der Waals surface area contributed by atoms with Gasteiger partial charge in [0.15, 0.2) is 0 Å². The van der Waals surface area contributed by atoms with Gasteiger partial charge in [0.25, 0.3) is 0 Å². The molecule has 0 rings (SSSR count). The second kappa shape index (κ2) is 5.63. The molecule has 0 atom stereocenters. The summed E-state index contributed by atoms with van der Waals surface area (Å²) in [4.78, 5) is 11.3. The van der Waals surface area contributed by atoms with Crippen LogP contribution in [0.2, 0.25) is 0 Å². The minimum atomic E-state index is -0.254. The molecule has 80 valence electrons. The fourth-order valence-electron chi connectivity index (χ4n) is 0.836. The summed E-state index contributed by atoms with van der Waals surface area (Å²) in [7, 11) is 0. The van der Waals surface area contributed by atoms with Crippen molar-refractivity contribution in [3.05, 3.63) is 23.8 Å². The van der Waals surface area contributed by atoms with Gasteiger partial charge in [-0.1, -0.05) is 39.0 Å². The molecule has 0 spiro atoms. The molecule has 0 aromatic heterocycles. The van der Waals surface area contributed by atoms with Crippen molar-refractivity contribution in [1.82, 2.24) is 0 Å². The van der Waals surface area contributed by atoms with E-state index in [9.17, 15) is 4.79 Å². The molecule has 0 aliphatic rings. The molecule has 0 N–H and O–H groups in total. The summed E-state index contributed by atoms with van der Waals surface area (Å²) >= 11 is 0. The van der Waals surface area contributed by atoms with Gasteiger partial charge in [0, 0.05) is 0 Å². The van der Waals surface area contributed by atoms with Crippen LogP contribution in [0.15, 0.2) is 23.8 Å². The Morgan fingerprint density at radius 3 is 2.29 bits per heavy atom. The van der Waals surface area contributed by atoms with E-state index in [1.54, 1.807) is 13.0 Å². The molecular formula is C12H20O2. The zero-order chi connectivity index (χ0) is 11.2. The summed E-state index contributed by atoms with van der Waals surface area (Å²) in [6, 6.07) is 0. The first-order chi connectivity index (χ1) is 6.40. The van der Waals surface area contributed by atoms with Gasteiger partial charge in [-0.05, 0) is 19.3 Å². The first kappa shape index (κ1) is 12.9. The highest BCUT2D eigenvalue weighted by molar-refractivity contribution is 5.91. The third kappa shape index (κ3) is 5.57. The van der Waals surface area contributed by atoms with E-state index >= 15 is 0 Å². The third-order valence-corrected chi connectivity index (χ3v) is 1.59. The summed E-state index contributed by atoms with van der Waals surface area (Å²) in [5.41, 5.74) is 0.697. The lowest BCUT2D eigenvalue weighted by Gasteiger charge is -2.11. The van der Waals surface area contributed by atoms with Crippen LogP contribution in [0.3, 0.4) is 0 Å². The van der Waals surface area contributed by atoms with Crippen molar-refractivity contribution in [3.63, 3.8) is 0 Å². The summed E-state index contributed by atoms with van der Waals surface area (Å²) in [5.74, 6) is -0.254. The minimum absolute atomic E-state index is 0.0841. The van der Waals surface area contributed by atoms with Gasteiger partial charge < -0.3 is 4.74 Å². The lowest BCUT2D eigenvalue weighted by atomic mass is 9.95. The molecule has 0 aliphatic carbocycles. The molecule has 0 heterocycles. The minimum Gasteiger partial charge on any atom is -0.462 e. The van der Waals surface area contributed by atoms with Crippen LogP contribution in [0.1, 0.15) is 34.6 Å². The van der Waals surface area contributed by atoms with Crippen LogP contribution >= 0.6 is 0 Å². The van der Waals surface area contributed by atoms with Gasteiger partial charge in [0.2, 0.25) is 0 Å². The van der Waals surface area contributed by atoms with Crippen LogP contribution in [0.4, 0.5) is 0 Å². The highest BCUT2D eigenvalue weighted by Gasteiger charge is 2.08. The Morgan fingerprint density at radius 1 is 1.36 bits per heavy atom. The zero-order valence-corrected chi connectivity index (χ0v) is 9.76. The molecule has 0 unspecified atom stereocenters. The number of rotatable bonds is 3. The number of esters is 1. The summed E-state index contributed by atoms with van der Waals surface area (Å²) in [6.07, 6.45) is 5.58. The first-order valence-electron chi connectivity index (χ1n) is 4.93. The molecule has 0 amide bonds. The maximum Gasteiger partial charge on any atom is 0.337 e. The fraction of sp³-hybridized carbons (Fsp3) is 0.583.